The van der Waals surface area contributed by atoms with Gasteiger partial charge in [0.25, 0.3) is 11.8 Å². The highest BCUT2D eigenvalue weighted by atomic mass is 16.2. The average Bonchev–Trinajstić information content (AvgIpc) is 3.09. The van der Waals surface area contributed by atoms with Crippen LogP contribution in [0.5, 0.6) is 0 Å². The highest BCUT2D eigenvalue weighted by Crippen LogP contribution is 2.38. The van der Waals surface area contributed by atoms with E-state index in [-0.39, 0.29) is 24.3 Å². The molecule has 170 valence electrons. The van der Waals surface area contributed by atoms with Gasteiger partial charge in [-0.2, -0.15) is 0 Å². The topological polar surface area (TPSA) is 82.6 Å². The summed E-state index contributed by atoms with van der Waals surface area (Å²) >= 11 is 0. The second-order valence-corrected chi connectivity index (χ2v) is 8.38. The van der Waals surface area contributed by atoms with E-state index < -0.39 is 0 Å². The number of nitrogens with zero attached hydrogens (tertiary/aromatic N) is 3. The minimum atomic E-state index is -0.346. The van der Waals surface area contributed by atoms with Crippen molar-refractivity contribution in [3.05, 3.63) is 95.4 Å². The van der Waals surface area contributed by atoms with Crippen LogP contribution < -0.4 is 10.2 Å². The minimum Gasteiger partial charge on any atom is -0.336 e. The highest BCUT2D eigenvalue weighted by Gasteiger charge is 2.42. The number of fused-ring (bicyclic) bond motifs is 1. The van der Waals surface area contributed by atoms with Crippen molar-refractivity contribution in [3.8, 4) is 0 Å². The lowest BCUT2D eigenvalue weighted by Gasteiger charge is -2.32. The molecule has 0 saturated carbocycles. The van der Waals surface area contributed by atoms with Gasteiger partial charge in [-0.25, -0.2) is 0 Å². The van der Waals surface area contributed by atoms with Crippen molar-refractivity contribution < 1.29 is 14.4 Å². The van der Waals surface area contributed by atoms with Crippen LogP contribution in [0.1, 0.15) is 30.2 Å². The third kappa shape index (κ3) is 3.96. The Hall–Kier alpha value is -4.26. The van der Waals surface area contributed by atoms with Crippen LogP contribution in [0.2, 0.25) is 0 Å². The number of amides is 3. The van der Waals surface area contributed by atoms with Gasteiger partial charge < -0.3 is 10.2 Å². The molecule has 3 aromatic rings. The van der Waals surface area contributed by atoms with Crippen LogP contribution in [0, 0.1) is 0 Å². The first-order valence-corrected chi connectivity index (χ1v) is 11.3. The molecule has 3 heterocycles. The van der Waals surface area contributed by atoms with Crippen molar-refractivity contribution in [2.24, 2.45) is 0 Å². The number of nitrogens with one attached hydrogen (secondary N) is 1. The van der Waals surface area contributed by atoms with Gasteiger partial charge in [0.05, 0.1) is 17.8 Å². The summed E-state index contributed by atoms with van der Waals surface area (Å²) in [5.74, 6) is -0.847. The van der Waals surface area contributed by atoms with Gasteiger partial charge in [-0.15, -0.1) is 0 Å². The summed E-state index contributed by atoms with van der Waals surface area (Å²) in [7, 11) is 0. The minimum absolute atomic E-state index is 0.102. The van der Waals surface area contributed by atoms with Gasteiger partial charge in [0.1, 0.15) is 5.70 Å². The number of aryl methyl sites for hydroxylation is 1. The Bertz CT molecular complexity index is 1300. The standard InChI is InChI=1S/C27H24N4O3/c1-18(32)29-21-13-11-20(12-14-21)24-25(30-16-6-8-19-7-2-3-10-23(19)30)27(34)31(26(24)33)17-22-9-4-5-15-28-22/h2-5,7,9-15H,6,8,16-17H2,1H3,(H,29,32). The summed E-state index contributed by atoms with van der Waals surface area (Å²) in [6.07, 6.45) is 3.47. The fourth-order valence-electron chi connectivity index (χ4n) is 4.56. The molecule has 0 bridgehead atoms. The van der Waals surface area contributed by atoms with E-state index in [9.17, 15) is 14.4 Å². The molecule has 0 fully saturated rings. The fourth-order valence-corrected chi connectivity index (χ4v) is 4.56. The lowest BCUT2D eigenvalue weighted by Crippen LogP contribution is -2.37. The number of para-hydroxylation sites is 1. The lowest BCUT2D eigenvalue weighted by atomic mass is 9.98. The lowest BCUT2D eigenvalue weighted by molar-refractivity contribution is -0.137. The van der Waals surface area contributed by atoms with Crippen molar-refractivity contribution in [3.63, 3.8) is 0 Å². The number of carbonyl (C=O) groups excluding carboxylic acids is 3. The largest absolute Gasteiger partial charge is 0.336 e. The zero-order chi connectivity index (χ0) is 23.7. The second kappa shape index (κ2) is 8.94. The maximum Gasteiger partial charge on any atom is 0.278 e. The zero-order valence-electron chi connectivity index (χ0n) is 18.8. The van der Waals surface area contributed by atoms with Gasteiger partial charge in [0.2, 0.25) is 5.91 Å². The first-order valence-electron chi connectivity index (χ1n) is 11.3. The Morgan fingerprint density at radius 1 is 0.971 bits per heavy atom. The van der Waals surface area contributed by atoms with Crippen LogP contribution in [0.3, 0.4) is 0 Å². The molecule has 2 aromatic carbocycles. The van der Waals surface area contributed by atoms with Gasteiger partial charge in [-0.1, -0.05) is 36.4 Å². The number of carbonyl (C=O) groups is 3. The van der Waals surface area contributed by atoms with Crippen molar-refractivity contribution in [2.45, 2.75) is 26.3 Å². The van der Waals surface area contributed by atoms with Crippen LogP contribution in [-0.2, 0) is 27.3 Å². The van der Waals surface area contributed by atoms with Crippen LogP contribution in [0.15, 0.2) is 78.6 Å². The van der Waals surface area contributed by atoms with Crippen LogP contribution in [0.4, 0.5) is 11.4 Å². The first kappa shape index (κ1) is 21.6. The van der Waals surface area contributed by atoms with E-state index in [0.29, 0.717) is 34.8 Å². The molecule has 0 atom stereocenters. The predicted molar refractivity (Wildman–Crippen MR) is 130 cm³/mol. The number of anilines is 2. The zero-order valence-corrected chi connectivity index (χ0v) is 18.8. The van der Waals surface area contributed by atoms with Gasteiger partial charge in [-0.3, -0.25) is 24.3 Å². The van der Waals surface area contributed by atoms with Gasteiger partial charge >= 0.3 is 0 Å². The summed E-state index contributed by atoms with van der Waals surface area (Å²) in [5.41, 5.74) is 4.78. The van der Waals surface area contributed by atoms with Crippen LogP contribution >= 0.6 is 0 Å². The SMILES string of the molecule is CC(=O)Nc1ccc(C2=C(N3CCCc4ccccc43)C(=O)N(Cc3ccccn3)C2=O)cc1. The Kier molecular flexibility index (Phi) is 5.67. The molecule has 7 nitrogen and oxygen atoms in total. The first-order chi connectivity index (χ1) is 16.5. The van der Waals surface area contributed by atoms with Crippen molar-refractivity contribution >= 4 is 34.7 Å². The second-order valence-electron chi connectivity index (χ2n) is 8.38. The summed E-state index contributed by atoms with van der Waals surface area (Å²) in [6.45, 7) is 2.19. The van der Waals surface area contributed by atoms with E-state index in [1.165, 1.54) is 11.8 Å². The van der Waals surface area contributed by atoms with E-state index in [1.807, 2.05) is 29.2 Å². The molecule has 0 unspecified atom stereocenters. The molecule has 0 aliphatic carbocycles. The number of hydrogen-bond donors (Lipinski definition) is 1. The monoisotopic (exact) mass is 452 g/mol. The predicted octanol–water partition coefficient (Wildman–Crippen LogP) is 3.77. The number of hydrogen-bond acceptors (Lipinski definition) is 5. The van der Waals surface area contributed by atoms with E-state index in [4.69, 9.17) is 0 Å². The molecule has 0 saturated heterocycles. The summed E-state index contributed by atoms with van der Waals surface area (Å²) in [5, 5.41) is 2.74. The summed E-state index contributed by atoms with van der Waals surface area (Å²) < 4.78 is 0. The fraction of sp³-hybridized carbons (Fsp3) is 0.185. The summed E-state index contributed by atoms with van der Waals surface area (Å²) in [6, 6.07) is 20.5. The molecular formula is C27H24N4O3. The Labute approximate surface area is 197 Å². The van der Waals surface area contributed by atoms with Gasteiger partial charge in [-0.05, 0) is 54.3 Å². The maximum absolute atomic E-state index is 13.7. The maximum atomic E-state index is 13.7. The molecule has 1 N–H and O–H groups in total. The molecular weight excluding hydrogens is 428 g/mol. The number of pyridine rings is 1. The summed E-state index contributed by atoms with van der Waals surface area (Å²) in [4.78, 5) is 46.4. The molecule has 3 amide bonds. The molecule has 34 heavy (non-hydrogen) atoms. The normalized spacial score (nSPS) is 15.6. The highest BCUT2D eigenvalue weighted by molar-refractivity contribution is 6.36. The van der Waals surface area contributed by atoms with E-state index in [0.717, 1.165) is 24.1 Å². The molecule has 0 spiro atoms. The number of imide groups is 1. The van der Waals surface area contributed by atoms with E-state index in [2.05, 4.69) is 16.4 Å². The van der Waals surface area contributed by atoms with Gasteiger partial charge in [0.15, 0.2) is 0 Å². The number of benzene rings is 2. The molecule has 5 rings (SSSR count). The van der Waals surface area contributed by atoms with Crippen molar-refractivity contribution in [2.75, 3.05) is 16.8 Å². The molecule has 0 radical (unpaired) electrons. The third-order valence-corrected chi connectivity index (χ3v) is 6.06. The quantitative estimate of drug-likeness (QED) is 0.596. The van der Waals surface area contributed by atoms with E-state index in [1.54, 1.807) is 42.6 Å². The molecule has 2 aliphatic heterocycles. The Morgan fingerprint density at radius 2 is 1.74 bits per heavy atom. The Morgan fingerprint density at radius 3 is 2.47 bits per heavy atom. The van der Waals surface area contributed by atoms with Crippen LogP contribution in [0.25, 0.3) is 5.57 Å². The van der Waals surface area contributed by atoms with E-state index >= 15 is 0 Å². The van der Waals surface area contributed by atoms with Crippen LogP contribution in [-0.4, -0.2) is 34.2 Å². The molecule has 1 aromatic heterocycles. The average molecular weight is 453 g/mol. The van der Waals surface area contributed by atoms with Crippen molar-refractivity contribution in [1.29, 1.82) is 0 Å². The smallest absolute Gasteiger partial charge is 0.278 e. The van der Waals surface area contributed by atoms with Crippen molar-refractivity contribution in [1.82, 2.24) is 9.88 Å². The third-order valence-electron chi connectivity index (χ3n) is 6.06. The Balaban J connectivity index is 1.60. The number of aromatic nitrogens is 1. The molecule has 2 aliphatic rings. The van der Waals surface area contributed by atoms with Gasteiger partial charge in [0, 0.05) is 31.0 Å². The number of rotatable bonds is 5. The molecule has 7 heteroatoms.